The molecule has 0 aliphatic carbocycles. The van der Waals surface area contributed by atoms with Gasteiger partial charge >= 0.3 is 0 Å². The number of terminal acetylenes is 1. The third-order valence-corrected chi connectivity index (χ3v) is 5.43. The van der Waals surface area contributed by atoms with E-state index in [1.165, 1.54) is 0 Å². The lowest BCUT2D eigenvalue weighted by Crippen LogP contribution is -2.44. The second-order valence-corrected chi connectivity index (χ2v) is 7.08. The number of ketones is 1. The minimum Gasteiger partial charge on any atom is -0.339 e. The molecule has 1 amide bonds. The fourth-order valence-corrected chi connectivity index (χ4v) is 4.00. The molecule has 132 valence electrons. The maximum absolute atomic E-state index is 12.9. The van der Waals surface area contributed by atoms with E-state index in [1.54, 1.807) is 0 Å². The molecule has 2 aliphatic rings. The van der Waals surface area contributed by atoms with Crippen molar-refractivity contribution in [3.8, 4) is 12.3 Å². The smallest absolute Gasteiger partial charge is 0.226 e. The van der Waals surface area contributed by atoms with Gasteiger partial charge in [-0.1, -0.05) is 36.3 Å². The molecular weight excluding hydrogens is 312 g/mol. The van der Waals surface area contributed by atoms with Crippen molar-refractivity contribution in [2.24, 2.45) is 5.92 Å². The van der Waals surface area contributed by atoms with Gasteiger partial charge in [-0.25, -0.2) is 0 Å². The first-order valence-electron chi connectivity index (χ1n) is 9.23. The summed E-state index contributed by atoms with van der Waals surface area (Å²) in [6, 6.07) is 9.44. The molecule has 0 radical (unpaired) electrons. The highest BCUT2D eigenvalue weighted by atomic mass is 16.2. The number of benzene rings is 1. The quantitative estimate of drug-likeness (QED) is 0.612. The monoisotopic (exact) mass is 338 g/mol. The first-order valence-corrected chi connectivity index (χ1v) is 9.23. The largest absolute Gasteiger partial charge is 0.339 e. The van der Waals surface area contributed by atoms with Gasteiger partial charge in [-0.15, -0.1) is 6.42 Å². The van der Waals surface area contributed by atoms with Gasteiger partial charge in [0.2, 0.25) is 5.91 Å². The third-order valence-electron chi connectivity index (χ3n) is 5.43. The van der Waals surface area contributed by atoms with E-state index in [1.807, 2.05) is 35.2 Å². The predicted octanol–water partition coefficient (Wildman–Crippen LogP) is 2.60. The summed E-state index contributed by atoms with van der Waals surface area (Å²) < 4.78 is 0. The normalized spacial score (nSPS) is 21.9. The zero-order valence-electron chi connectivity index (χ0n) is 14.7. The van der Waals surface area contributed by atoms with Crippen LogP contribution in [-0.4, -0.2) is 53.7 Å². The SMILES string of the molecule is C#CCN1CCC(C(=O)N2CCCC2CC(=O)c2ccccc2)CC1. The van der Waals surface area contributed by atoms with E-state index in [4.69, 9.17) is 6.42 Å². The molecule has 1 aromatic carbocycles. The van der Waals surface area contributed by atoms with E-state index in [0.717, 1.165) is 50.9 Å². The van der Waals surface area contributed by atoms with Crippen LogP contribution in [0.15, 0.2) is 30.3 Å². The molecule has 4 heteroatoms. The van der Waals surface area contributed by atoms with Gasteiger partial charge in [0, 0.05) is 30.5 Å². The van der Waals surface area contributed by atoms with Gasteiger partial charge in [-0.3, -0.25) is 14.5 Å². The number of nitrogens with zero attached hydrogens (tertiary/aromatic N) is 2. The Bertz CT molecular complexity index is 642. The van der Waals surface area contributed by atoms with Crippen LogP contribution in [0.5, 0.6) is 0 Å². The Labute approximate surface area is 150 Å². The second kappa shape index (κ2) is 8.31. The van der Waals surface area contributed by atoms with Crippen LogP contribution >= 0.6 is 0 Å². The predicted molar refractivity (Wildman–Crippen MR) is 98.1 cm³/mol. The van der Waals surface area contributed by atoms with Crippen LogP contribution in [0.2, 0.25) is 0 Å². The van der Waals surface area contributed by atoms with Crippen molar-refractivity contribution >= 4 is 11.7 Å². The first kappa shape index (κ1) is 17.7. The molecule has 2 heterocycles. The standard InChI is InChI=1S/C21H26N2O2/c1-2-12-22-14-10-18(11-15-22)21(25)23-13-6-9-19(23)16-20(24)17-7-4-3-5-8-17/h1,3-5,7-8,18-19H,6,9-16H2. The van der Waals surface area contributed by atoms with Crippen molar-refractivity contribution in [3.05, 3.63) is 35.9 Å². The van der Waals surface area contributed by atoms with Crippen LogP contribution in [-0.2, 0) is 4.79 Å². The maximum Gasteiger partial charge on any atom is 0.226 e. The summed E-state index contributed by atoms with van der Waals surface area (Å²) in [7, 11) is 0. The number of rotatable bonds is 5. The van der Waals surface area contributed by atoms with E-state index in [-0.39, 0.29) is 23.7 Å². The minimum atomic E-state index is 0.0592. The number of Topliss-reactive ketones (excluding diaryl/α,β-unsaturated/α-hetero) is 1. The molecule has 3 rings (SSSR count). The molecule has 25 heavy (non-hydrogen) atoms. The molecule has 2 fully saturated rings. The number of amides is 1. The van der Waals surface area contributed by atoms with Crippen molar-refractivity contribution in [2.75, 3.05) is 26.2 Å². The fourth-order valence-electron chi connectivity index (χ4n) is 4.00. The van der Waals surface area contributed by atoms with E-state index in [0.29, 0.717) is 13.0 Å². The molecule has 4 nitrogen and oxygen atoms in total. The average molecular weight is 338 g/mol. The summed E-state index contributed by atoms with van der Waals surface area (Å²) in [5.74, 6) is 3.13. The molecule has 0 aromatic heterocycles. The maximum atomic E-state index is 12.9. The van der Waals surface area contributed by atoms with Crippen LogP contribution in [0.4, 0.5) is 0 Å². The summed E-state index contributed by atoms with van der Waals surface area (Å²) >= 11 is 0. The highest BCUT2D eigenvalue weighted by Gasteiger charge is 2.35. The van der Waals surface area contributed by atoms with Gasteiger partial charge in [0.25, 0.3) is 0 Å². The molecule has 2 saturated heterocycles. The van der Waals surface area contributed by atoms with Crippen LogP contribution in [0, 0.1) is 18.3 Å². The van der Waals surface area contributed by atoms with Crippen molar-refractivity contribution in [3.63, 3.8) is 0 Å². The van der Waals surface area contributed by atoms with Crippen LogP contribution in [0.25, 0.3) is 0 Å². The summed E-state index contributed by atoms with van der Waals surface area (Å²) in [5, 5.41) is 0. The van der Waals surface area contributed by atoms with Crippen molar-refractivity contribution in [2.45, 2.75) is 38.1 Å². The van der Waals surface area contributed by atoms with Gasteiger partial charge in [0.1, 0.15) is 0 Å². The molecule has 1 atom stereocenters. The topological polar surface area (TPSA) is 40.6 Å². The molecular formula is C21H26N2O2. The van der Waals surface area contributed by atoms with Crippen LogP contribution < -0.4 is 0 Å². The van der Waals surface area contributed by atoms with Gasteiger partial charge in [-0.2, -0.15) is 0 Å². The Morgan fingerprint density at radius 1 is 1.08 bits per heavy atom. The zero-order valence-corrected chi connectivity index (χ0v) is 14.7. The van der Waals surface area contributed by atoms with Gasteiger partial charge in [0.05, 0.1) is 6.54 Å². The number of hydrogen-bond acceptors (Lipinski definition) is 3. The Hall–Kier alpha value is -2.12. The Balaban J connectivity index is 1.57. The van der Waals surface area contributed by atoms with Gasteiger partial charge < -0.3 is 4.90 Å². The molecule has 1 aromatic rings. The summed E-state index contributed by atoms with van der Waals surface area (Å²) in [6.45, 7) is 3.24. The average Bonchev–Trinajstić information content (AvgIpc) is 3.11. The molecule has 0 saturated carbocycles. The molecule has 0 spiro atoms. The number of carbonyl (C=O) groups excluding carboxylic acids is 2. The van der Waals surface area contributed by atoms with Gasteiger partial charge in [0.15, 0.2) is 5.78 Å². The molecule has 1 unspecified atom stereocenters. The molecule has 0 bridgehead atoms. The third kappa shape index (κ3) is 4.29. The summed E-state index contributed by atoms with van der Waals surface area (Å²) in [5.41, 5.74) is 0.740. The Kier molecular flexibility index (Phi) is 5.88. The number of piperidine rings is 1. The van der Waals surface area contributed by atoms with E-state index in [9.17, 15) is 9.59 Å². The minimum absolute atomic E-state index is 0.0592. The zero-order chi connectivity index (χ0) is 17.6. The van der Waals surface area contributed by atoms with Crippen LogP contribution in [0.3, 0.4) is 0 Å². The first-order chi connectivity index (χ1) is 12.2. The highest BCUT2D eigenvalue weighted by Crippen LogP contribution is 2.27. The van der Waals surface area contributed by atoms with Crippen LogP contribution in [0.1, 0.15) is 42.5 Å². The van der Waals surface area contributed by atoms with Crippen molar-refractivity contribution in [1.29, 1.82) is 0 Å². The second-order valence-electron chi connectivity index (χ2n) is 7.08. The van der Waals surface area contributed by atoms with E-state index < -0.39 is 0 Å². The summed E-state index contributed by atoms with van der Waals surface area (Å²) in [4.78, 5) is 29.6. The molecule has 0 N–H and O–H groups in total. The Morgan fingerprint density at radius 2 is 1.80 bits per heavy atom. The van der Waals surface area contributed by atoms with Crippen molar-refractivity contribution < 1.29 is 9.59 Å². The Morgan fingerprint density at radius 3 is 2.48 bits per heavy atom. The number of hydrogen-bond donors (Lipinski definition) is 0. The molecule has 2 aliphatic heterocycles. The van der Waals surface area contributed by atoms with E-state index in [2.05, 4.69) is 10.8 Å². The number of likely N-dealkylation sites (tertiary alicyclic amines) is 2. The number of carbonyl (C=O) groups is 2. The highest BCUT2D eigenvalue weighted by molar-refractivity contribution is 5.96. The lowest BCUT2D eigenvalue weighted by Gasteiger charge is -2.34. The lowest BCUT2D eigenvalue weighted by atomic mass is 9.94. The van der Waals surface area contributed by atoms with E-state index >= 15 is 0 Å². The van der Waals surface area contributed by atoms with Crippen molar-refractivity contribution in [1.82, 2.24) is 9.80 Å². The fraction of sp³-hybridized carbons (Fsp3) is 0.524. The van der Waals surface area contributed by atoms with Gasteiger partial charge in [-0.05, 0) is 38.8 Å². The lowest BCUT2D eigenvalue weighted by molar-refractivity contribution is -0.137. The summed E-state index contributed by atoms with van der Waals surface area (Å²) in [6.07, 6.45) is 9.47.